The highest BCUT2D eigenvalue weighted by atomic mass is 79.9. The summed E-state index contributed by atoms with van der Waals surface area (Å²) in [4.78, 5) is 13.1. The zero-order chi connectivity index (χ0) is 12.6. The standard InChI is InChI=1S/C11H13Br2NO3/c1-6-3-14(5-8(6)11(15)16)4-7-2-9(12)10(13)17-7/h2,6,8H,3-5H2,1H3,(H,15,16). The summed E-state index contributed by atoms with van der Waals surface area (Å²) in [5, 5.41) is 9.05. The molecule has 17 heavy (non-hydrogen) atoms. The highest BCUT2D eigenvalue weighted by molar-refractivity contribution is 9.13. The molecular weight excluding hydrogens is 354 g/mol. The van der Waals surface area contributed by atoms with Crippen molar-refractivity contribution in [2.75, 3.05) is 13.1 Å². The summed E-state index contributed by atoms with van der Waals surface area (Å²) in [5.74, 6) is 0.0509. The third-order valence-corrected chi connectivity index (χ3v) is 4.79. The topological polar surface area (TPSA) is 53.7 Å². The van der Waals surface area contributed by atoms with Crippen LogP contribution in [0.2, 0.25) is 0 Å². The Bertz CT molecular complexity index is 413. The van der Waals surface area contributed by atoms with Gasteiger partial charge in [0.25, 0.3) is 0 Å². The highest BCUT2D eigenvalue weighted by Crippen LogP contribution is 2.29. The smallest absolute Gasteiger partial charge is 0.308 e. The summed E-state index contributed by atoms with van der Waals surface area (Å²) in [6.07, 6.45) is 0. The van der Waals surface area contributed by atoms with E-state index in [1.54, 1.807) is 0 Å². The number of carbonyl (C=O) groups is 1. The van der Waals surface area contributed by atoms with Gasteiger partial charge in [-0.2, -0.15) is 0 Å². The van der Waals surface area contributed by atoms with Gasteiger partial charge in [0.2, 0.25) is 0 Å². The number of aliphatic carboxylic acids is 1. The van der Waals surface area contributed by atoms with E-state index in [9.17, 15) is 4.79 Å². The molecule has 4 nitrogen and oxygen atoms in total. The third kappa shape index (κ3) is 2.92. The summed E-state index contributed by atoms with van der Waals surface area (Å²) in [7, 11) is 0. The lowest BCUT2D eigenvalue weighted by atomic mass is 9.99. The molecule has 0 aromatic carbocycles. The van der Waals surface area contributed by atoms with Gasteiger partial charge in [0.1, 0.15) is 5.76 Å². The van der Waals surface area contributed by atoms with Crippen molar-refractivity contribution in [1.29, 1.82) is 0 Å². The molecule has 0 radical (unpaired) electrons. The predicted octanol–water partition coefficient (Wildman–Crippen LogP) is 2.96. The largest absolute Gasteiger partial charge is 0.481 e. The van der Waals surface area contributed by atoms with E-state index in [0.717, 1.165) is 16.8 Å². The first-order valence-electron chi connectivity index (χ1n) is 5.36. The summed E-state index contributed by atoms with van der Waals surface area (Å²) in [6.45, 7) is 4.02. The van der Waals surface area contributed by atoms with E-state index in [-0.39, 0.29) is 11.8 Å². The van der Waals surface area contributed by atoms with Crippen LogP contribution in [-0.2, 0) is 11.3 Å². The molecule has 0 bridgehead atoms. The van der Waals surface area contributed by atoms with Crippen molar-refractivity contribution in [2.24, 2.45) is 11.8 Å². The normalized spacial score (nSPS) is 25.4. The Kier molecular flexibility index (Phi) is 3.95. The lowest BCUT2D eigenvalue weighted by Crippen LogP contribution is -2.22. The number of carboxylic acid groups (broad SMARTS) is 1. The number of hydrogen-bond acceptors (Lipinski definition) is 3. The molecule has 0 saturated carbocycles. The summed E-state index contributed by atoms with van der Waals surface area (Å²) in [6, 6.07) is 1.91. The molecule has 1 saturated heterocycles. The van der Waals surface area contributed by atoms with Crippen LogP contribution in [0.1, 0.15) is 12.7 Å². The van der Waals surface area contributed by atoms with Gasteiger partial charge in [-0.05, 0) is 43.8 Å². The highest BCUT2D eigenvalue weighted by Gasteiger charge is 2.34. The first-order valence-corrected chi connectivity index (χ1v) is 6.95. The molecule has 0 amide bonds. The number of likely N-dealkylation sites (tertiary alicyclic amines) is 1. The van der Waals surface area contributed by atoms with Crippen molar-refractivity contribution in [3.05, 3.63) is 21.0 Å². The second kappa shape index (κ2) is 5.12. The van der Waals surface area contributed by atoms with E-state index >= 15 is 0 Å². The van der Waals surface area contributed by atoms with E-state index in [1.165, 1.54) is 0 Å². The van der Waals surface area contributed by atoms with E-state index in [0.29, 0.717) is 17.8 Å². The zero-order valence-electron chi connectivity index (χ0n) is 9.32. The van der Waals surface area contributed by atoms with Crippen LogP contribution in [0.5, 0.6) is 0 Å². The van der Waals surface area contributed by atoms with Crippen LogP contribution in [-0.4, -0.2) is 29.1 Å². The Balaban J connectivity index is 2.00. The molecule has 1 aliphatic heterocycles. The minimum atomic E-state index is -0.707. The van der Waals surface area contributed by atoms with Crippen molar-refractivity contribution < 1.29 is 14.3 Å². The molecule has 2 unspecified atom stereocenters. The van der Waals surface area contributed by atoms with E-state index in [1.807, 2.05) is 13.0 Å². The van der Waals surface area contributed by atoms with E-state index < -0.39 is 5.97 Å². The monoisotopic (exact) mass is 365 g/mol. The average Bonchev–Trinajstić information content (AvgIpc) is 2.72. The minimum absolute atomic E-state index is 0.189. The van der Waals surface area contributed by atoms with Gasteiger partial charge < -0.3 is 9.52 Å². The van der Waals surface area contributed by atoms with Crippen LogP contribution in [0, 0.1) is 11.8 Å². The molecule has 2 atom stereocenters. The van der Waals surface area contributed by atoms with Gasteiger partial charge >= 0.3 is 5.97 Å². The molecule has 0 aliphatic carbocycles. The number of furan rings is 1. The van der Waals surface area contributed by atoms with E-state index in [4.69, 9.17) is 9.52 Å². The first-order chi connectivity index (χ1) is 7.97. The average molecular weight is 367 g/mol. The minimum Gasteiger partial charge on any atom is -0.481 e. The molecule has 0 spiro atoms. The number of carboxylic acids is 1. The van der Waals surface area contributed by atoms with Crippen LogP contribution < -0.4 is 0 Å². The quantitative estimate of drug-likeness (QED) is 0.893. The zero-order valence-corrected chi connectivity index (χ0v) is 12.5. The molecule has 1 aromatic rings. The van der Waals surface area contributed by atoms with Gasteiger partial charge in [0.05, 0.1) is 16.9 Å². The summed E-state index contributed by atoms with van der Waals surface area (Å²) in [5.41, 5.74) is 0. The first kappa shape index (κ1) is 13.1. The maximum Gasteiger partial charge on any atom is 0.308 e. The van der Waals surface area contributed by atoms with Gasteiger partial charge in [-0.25, -0.2) is 0 Å². The van der Waals surface area contributed by atoms with Crippen LogP contribution in [0.15, 0.2) is 19.6 Å². The molecule has 6 heteroatoms. The maximum absolute atomic E-state index is 11.0. The van der Waals surface area contributed by atoms with Crippen molar-refractivity contribution in [1.82, 2.24) is 4.90 Å². The third-order valence-electron chi connectivity index (χ3n) is 3.08. The SMILES string of the molecule is CC1CN(Cc2cc(Br)c(Br)o2)CC1C(=O)O. The van der Waals surface area contributed by atoms with E-state index in [2.05, 4.69) is 36.8 Å². The van der Waals surface area contributed by atoms with Gasteiger partial charge in [0, 0.05) is 13.1 Å². The fourth-order valence-electron chi connectivity index (χ4n) is 2.21. The number of nitrogens with zero attached hydrogens (tertiary/aromatic N) is 1. The maximum atomic E-state index is 11.0. The molecule has 94 valence electrons. The second-order valence-corrected chi connectivity index (χ2v) is 6.03. The predicted molar refractivity (Wildman–Crippen MR) is 69.7 cm³/mol. The Hall–Kier alpha value is -0.330. The molecule has 1 aromatic heterocycles. The van der Waals surface area contributed by atoms with Gasteiger partial charge in [-0.1, -0.05) is 6.92 Å². The number of halogens is 2. The van der Waals surface area contributed by atoms with Crippen LogP contribution in [0.25, 0.3) is 0 Å². The number of rotatable bonds is 3. The molecule has 1 N–H and O–H groups in total. The Morgan fingerprint density at radius 2 is 2.29 bits per heavy atom. The van der Waals surface area contributed by atoms with Crippen molar-refractivity contribution >= 4 is 37.8 Å². The summed E-state index contributed by atoms with van der Waals surface area (Å²) < 4.78 is 7.05. The number of hydrogen-bond donors (Lipinski definition) is 1. The van der Waals surface area contributed by atoms with Crippen LogP contribution >= 0.6 is 31.9 Å². The van der Waals surface area contributed by atoms with Crippen LogP contribution in [0.4, 0.5) is 0 Å². The van der Waals surface area contributed by atoms with Gasteiger partial charge in [-0.15, -0.1) is 0 Å². The lowest BCUT2D eigenvalue weighted by molar-refractivity contribution is -0.142. The fourth-order valence-corrected chi connectivity index (χ4v) is 2.87. The fraction of sp³-hybridized carbons (Fsp3) is 0.545. The van der Waals surface area contributed by atoms with Gasteiger partial charge in [-0.3, -0.25) is 9.69 Å². The van der Waals surface area contributed by atoms with Gasteiger partial charge in [0.15, 0.2) is 4.67 Å². The summed E-state index contributed by atoms with van der Waals surface area (Å²) >= 11 is 6.65. The van der Waals surface area contributed by atoms with Crippen LogP contribution in [0.3, 0.4) is 0 Å². The molecular formula is C11H13Br2NO3. The Morgan fingerprint density at radius 1 is 1.59 bits per heavy atom. The molecule has 2 heterocycles. The molecule has 1 aliphatic rings. The van der Waals surface area contributed by atoms with Crippen molar-refractivity contribution in [3.8, 4) is 0 Å². The second-order valence-electron chi connectivity index (χ2n) is 4.45. The Labute approximate surface area is 116 Å². The van der Waals surface area contributed by atoms with Crippen molar-refractivity contribution in [3.63, 3.8) is 0 Å². The van der Waals surface area contributed by atoms with Crippen molar-refractivity contribution in [2.45, 2.75) is 13.5 Å². The Morgan fingerprint density at radius 3 is 2.76 bits per heavy atom. The lowest BCUT2D eigenvalue weighted by Gasteiger charge is -2.12. The molecule has 2 rings (SSSR count). The molecule has 1 fully saturated rings.